The van der Waals surface area contributed by atoms with Crippen molar-refractivity contribution in [2.75, 3.05) is 11.9 Å². The first-order chi connectivity index (χ1) is 15.3. The number of carbonyl (C=O) groups is 1. The van der Waals surface area contributed by atoms with Crippen LogP contribution in [0.1, 0.15) is 19.3 Å². The van der Waals surface area contributed by atoms with Crippen LogP contribution in [0.15, 0.2) is 54.9 Å². The highest BCUT2D eigenvalue weighted by molar-refractivity contribution is 6.31. The van der Waals surface area contributed by atoms with Crippen LogP contribution in [0.3, 0.4) is 0 Å². The first kappa shape index (κ1) is 21.0. The van der Waals surface area contributed by atoms with Crippen LogP contribution in [0.25, 0.3) is 11.3 Å². The van der Waals surface area contributed by atoms with Crippen molar-refractivity contribution in [1.82, 2.24) is 15.3 Å². The standard InChI is InChI=1S/C23H19Cl2FN4O2/c24-15-3-1-14(2-4-15)19-8-27-9-20(28-19)29-22-11-23(12-22,13-22)30-21(31)10-32-16-5-6-17(25)18(26)7-16/h1-9H,10-13H2,(H,28,29)(H,30,31). The quantitative estimate of drug-likeness (QED) is 0.512. The Balaban J connectivity index is 1.13. The summed E-state index contributed by atoms with van der Waals surface area (Å²) in [6, 6.07) is 11.5. The number of nitrogens with zero attached hydrogens (tertiary/aromatic N) is 2. The van der Waals surface area contributed by atoms with Crippen molar-refractivity contribution in [3.05, 3.63) is 70.7 Å². The number of aromatic nitrogens is 2. The number of hydrogen-bond acceptors (Lipinski definition) is 5. The van der Waals surface area contributed by atoms with Crippen molar-refractivity contribution < 1.29 is 13.9 Å². The predicted octanol–water partition coefficient (Wildman–Crippen LogP) is 4.87. The zero-order valence-electron chi connectivity index (χ0n) is 16.9. The highest BCUT2D eigenvalue weighted by Crippen LogP contribution is 2.61. The highest BCUT2D eigenvalue weighted by atomic mass is 35.5. The monoisotopic (exact) mass is 472 g/mol. The minimum atomic E-state index is -0.583. The second kappa shape index (κ2) is 7.90. The summed E-state index contributed by atoms with van der Waals surface area (Å²) >= 11 is 11.6. The molecule has 1 amide bonds. The summed E-state index contributed by atoms with van der Waals surface area (Å²) < 4.78 is 18.8. The molecule has 0 spiro atoms. The van der Waals surface area contributed by atoms with Crippen molar-refractivity contribution in [2.45, 2.75) is 30.3 Å². The van der Waals surface area contributed by atoms with Crippen LogP contribution in [-0.2, 0) is 4.79 Å². The molecule has 2 aromatic carbocycles. The third-order valence-electron chi connectivity index (χ3n) is 5.86. The van der Waals surface area contributed by atoms with Crippen LogP contribution in [0.4, 0.5) is 10.2 Å². The molecule has 3 aromatic rings. The fourth-order valence-electron chi connectivity index (χ4n) is 4.56. The molecule has 0 unspecified atom stereocenters. The number of nitrogens with one attached hydrogen (secondary N) is 2. The minimum Gasteiger partial charge on any atom is -0.484 e. The van der Waals surface area contributed by atoms with Gasteiger partial charge in [-0.25, -0.2) is 9.37 Å². The molecular formula is C23H19Cl2FN4O2. The van der Waals surface area contributed by atoms with E-state index in [1.54, 1.807) is 12.4 Å². The van der Waals surface area contributed by atoms with E-state index in [0.29, 0.717) is 10.8 Å². The molecular weight excluding hydrogens is 454 g/mol. The summed E-state index contributed by atoms with van der Waals surface area (Å²) in [4.78, 5) is 21.2. The maximum absolute atomic E-state index is 13.5. The first-order valence-corrected chi connectivity index (χ1v) is 10.8. The number of benzene rings is 2. The summed E-state index contributed by atoms with van der Waals surface area (Å²) in [6.45, 7) is -0.183. The van der Waals surface area contributed by atoms with Crippen molar-refractivity contribution in [3.8, 4) is 17.0 Å². The topological polar surface area (TPSA) is 76.1 Å². The average Bonchev–Trinajstić information content (AvgIpc) is 2.73. The number of amides is 1. The molecule has 1 heterocycles. The van der Waals surface area contributed by atoms with E-state index in [1.807, 2.05) is 24.3 Å². The van der Waals surface area contributed by atoms with E-state index in [2.05, 4.69) is 20.6 Å². The maximum atomic E-state index is 13.5. The molecule has 9 heteroatoms. The molecule has 0 saturated heterocycles. The lowest BCUT2D eigenvalue weighted by molar-refractivity contribution is -0.135. The van der Waals surface area contributed by atoms with Gasteiger partial charge in [-0.3, -0.25) is 9.78 Å². The minimum absolute atomic E-state index is 0.0110. The molecule has 3 saturated carbocycles. The molecule has 6 nitrogen and oxygen atoms in total. The average molecular weight is 473 g/mol. The molecule has 6 rings (SSSR count). The Morgan fingerprint density at radius 2 is 1.81 bits per heavy atom. The predicted molar refractivity (Wildman–Crippen MR) is 120 cm³/mol. The molecule has 32 heavy (non-hydrogen) atoms. The van der Waals surface area contributed by atoms with E-state index in [1.165, 1.54) is 12.1 Å². The lowest BCUT2D eigenvalue weighted by Gasteiger charge is -2.70. The van der Waals surface area contributed by atoms with Gasteiger partial charge in [0.25, 0.3) is 5.91 Å². The summed E-state index contributed by atoms with van der Waals surface area (Å²) in [5, 5.41) is 7.19. The first-order valence-electron chi connectivity index (χ1n) is 10.1. The van der Waals surface area contributed by atoms with Gasteiger partial charge >= 0.3 is 0 Å². The van der Waals surface area contributed by atoms with E-state index in [9.17, 15) is 9.18 Å². The van der Waals surface area contributed by atoms with Gasteiger partial charge in [0.2, 0.25) is 0 Å². The van der Waals surface area contributed by atoms with E-state index in [-0.39, 0.29) is 34.4 Å². The van der Waals surface area contributed by atoms with E-state index in [4.69, 9.17) is 27.9 Å². The Labute approximate surface area is 194 Å². The number of carbonyl (C=O) groups excluding carboxylic acids is 1. The van der Waals surface area contributed by atoms with E-state index >= 15 is 0 Å². The SMILES string of the molecule is O=C(COc1ccc(Cl)c(F)c1)NC12CC(Nc3cncc(-c4ccc(Cl)cc4)n3)(C1)C2. The van der Waals surface area contributed by atoms with Crippen molar-refractivity contribution in [1.29, 1.82) is 0 Å². The molecule has 3 fully saturated rings. The molecule has 2 bridgehead atoms. The van der Waals surface area contributed by atoms with Crippen molar-refractivity contribution >= 4 is 34.9 Å². The maximum Gasteiger partial charge on any atom is 0.258 e. The zero-order valence-corrected chi connectivity index (χ0v) is 18.4. The summed E-state index contributed by atoms with van der Waals surface area (Å²) in [5.74, 6) is 0.139. The van der Waals surface area contributed by atoms with Gasteiger partial charge in [0.15, 0.2) is 6.61 Å². The fourth-order valence-corrected chi connectivity index (χ4v) is 4.80. The molecule has 0 atom stereocenters. The third kappa shape index (κ3) is 4.10. The van der Waals surface area contributed by atoms with Gasteiger partial charge in [-0.15, -0.1) is 0 Å². The summed E-state index contributed by atoms with van der Waals surface area (Å²) in [7, 11) is 0. The van der Waals surface area contributed by atoms with E-state index < -0.39 is 5.82 Å². The van der Waals surface area contributed by atoms with Crippen LogP contribution in [0.5, 0.6) is 5.75 Å². The number of rotatable bonds is 7. The zero-order chi connectivity index (χ0) is 22.3. The van der Waals surface area contributed by atoms with Crippen LogP contribution in [-0.4, -0.2) is 33.6 Å². The third-order valence-corrected chi connectivity index (χ3v) is 6.42. The Bertz CT molecular complexity index is 1170. The largest absolute Gasteiger partial charge is 0.484 e. The molecule has 2 N–H and O–H groups in total. The smallest absolute Gasteiger partial charge is 0.258 e. The van der Waals surface area contributed by atoms with Crippen LogP contribution < -0.4 is 15.4 Å². The Hall–Kier alpha value is -2.90. The Morgan fingerprint density at radius 1 is 1.06 bits per heavy atom. The fraction of sp³-hybridized carbons (Fsp3) is 0.261. The number of hydrogen-bond donors (Lipinski definition) is 2. The lowest BCUT2D eigenvalue weighted by atomic mass is 9.44. The molecule has 3 aliphatic carbocycles. The van der Waals surface area contributed by atoms with Crippen molar-refractivity contribution in [3.63, 3.8) is 0 Å². The second-order valence-corrected chi connectivity index (χ2v) is 9.27. The number of anilines is 1. The summed E-state index contributed by atoms with van der Waals surface area (Å²) in [5.41, 5.74) is 1.39. The number of ether oxygens (including phenoxy) is 1. The van der Waals surface area contributed by atoms with Crippen LogP contribution in [0.2, 0.25) is 10.0 Å². The van der Waals surface area contributed by atoms with Crippen LogP contribution in [0, 0.1) is 5.82 Å². The second-order valence-electron chi connectivity index (χ2n) is 8.43. The molecule has 0 radical (unpaired) electrons. The van der Waals surface area contributed by atoms with E-state index in [0.717, 1.165) is 36.6 Å². The molecule has 164 valence electrons. The van der Waals surface area contributed by atoms with Gasteiger partial charge in [-0.1, -0.05) is 35.3 Å². The van der Waals surface area contributed by atoms with Gasteiger partial charge < -0.3 is 15.4 Å². The molecule has 0 aliphatic heterocycles. The van der Waals surface area contributed by atoms with Gasteiger partial charge in [-0.05, 0) is 43.5 Å². The highest BCUT2D eigenvalue weighted by Gasteiger charge is 2.68. The molecule has 3 aliphatic rings. The normalized spacial score (nSPS) is 23.0. The van der Waals surface area contributed by atoms with Gasteiger partial charge in [-0.2, -0.15) is 0 Å². The molecule has 1 aromatic heterocycles. The Morgan fingerprint density at radius 3 is 2.53 bits per heavy atom. The lowest BCUT2D eigenvalue weighted by Crippen LogP contribution is -2.81. The Kier molecular flexibility index (Phi) is 5.18. The van der Waals surface area contributed by atoms with Gasteiger partial charge in [0, 0.05) is 27.7 Å². The van der Waals surface area contributed by atoms with Crippen LogP contribution >= 0.6 is 23.2 Å². The van der Waals surface area contributed by atoms with Crippen molar-refractivity contribution in [2.24, 2.45) is 0 Å². The van der Waals surface area contributed by atoms with Gasteiger partial charge in [0.1, 0.15) is 17.4 Å². The van der Waals surface area contributed by atoms with Gasteiger partial charge in [0.05, 0.1) is 23.1 Å². The number of halogens is 3. The summed E-state index contributed by atoms with van der Waals surface area (Å²) in [6.07, 6.45) is 5.81.